The molecule has 0 N–H and O–H groups in total. The second kappa shape index (κ2) is 5.09. The Morgan fingerprint density at radius 1 is 1.38 bits per heavy atom. The van der Waals surface area contributed by atoms with Crippen molar-refractivity contribution in [1.82, 2.24) is 4.98 Å². The molecule has 2 rings (SSSR count). The van der Waals surface area contributed by atoms with Crippen LogP contribution in [0.3, 0.4) is 0 Å². The van der Waals surface area contributed by atoms with Gasteiger partial charge in [0.2, 0.25) is 0 Å². The van der Waals surface area contributed by atoms with Crippen LogP contribution in [0.2, 0.25) is 5.02 Å². The predicted octanol–water partition coefficient (Wildman–Crippen LogP) is 3.05. The van der Waals surface area contributed by atoms with Gasteiger partial charge in [-0.2, -0.15) is 0 Å². The Morgan fingerprint density at radius 3 is 2.81 bits per heavy atom. The van der Waals surface area contributed by atoms with E-state index in [0.717, 1.165) is 16.3 Å². The average Bonchev–Trinajstić information content (AvgIpc) is 2.76. The second-order valence-electron chi connectivity index (χ2n) is 3.02. The third kappa shape index (κ3) is 2.59. The molecule has 0 fully saturated rings. The zero-order valence-corrected chi connectivity index (χ0v) is 9.72. The number of halogens is 1. The fraction of sp³-hybridized carbons (Fsp3) is 0.0909. The van der Waals surface area contributed by atoms with E-state index in [2.05, 4.69) is 9.72 Å². The fourth-order valence-corrected chi connectivity index (χ4v) is 2.14. The third-order valence-electron chi connectivity index (χ3n) is 1.92. The van der Waals surface area contributed by atoms with Crippen molar-refractivity contribution >= 4 is 29.4 Å². The predicted molar refractivity (Wildman–Crippen MR) is 63.0 cm³/mol. The van der Waals surface area contributed by atoms with Crippen LogP contribution in [0.25, 0.3) is 10.6 Å². The van der Waals surface area contributed by atoms with Gasteiger partial charge in [0, 0.05) is 16.0 Å². The summed E-state index contributed by atoms with van der Waals surface area (Å²) in [5, 5.41) is 3.42. The Hall–Kier alpha value is -1.39. The molecule has 0 saturated heterocycles. The Balaban J connectivity index is 2.17. The van der Waals surface area contributed by atoms with Crippen LogP contribution in [0.5, 0.6) is 0 Å². The Kier molecular flexibility index (Phi) is 3.54. The summed E-state index contributed by atoms with van der Waals surface area (Å²) in [7, 11) is 0. The van der Waals surface area contributed by atoms with Gasteiger partial charge in [-0.15, -0.1) is 11.3 Å². The smallest absolute Gasteiger partial charge is 0.417 e. The van der Waals surface area contributed by atoms with Gasteiger partial charge in [0.05, 0.1) is 5.69 Å². The van der Waals surface area contributed by atoms with Crippen molar-refractivity contribution in [3.05, 3.63) is 40.4 Å². The lowest BCUT2D eigenvalue weighted by Crippen LogP contribution is -1.89. The van der Waals surface area contributed by atoms with E-state index < -0.39 is 0 Å². The van der Waals surface area contributed by atoms with E-state index in [-0.39, 0.29) is 6.61 Å². The standard InChI is InChI=1S/C11H7ClNO2S/c12-9-3-1-8(2-4-9)11-13-10(6-16-11)5-15-7-14/h1-4,6H,5H2. The van der Waals surface area contributed by atoms with Crippen LogP contribution >= 0.6 is 22.9 Å². The first kappa shape index (κ1) is 11.1. The average molecular weight is 253 g/mol. The molecule has 5 heteroatoms. The molecule has 0 spiro atoms. The van der Waals surface area contributed by atoms with E-state index in [1.165, 1.54) is 17.8 Å². The third-order valence-corrected chi connectivity index (χ3v) is 3.11. The van der Waals surface area contributed by atoms with Crippen molar-refractivity contribution in [1.29, 1.82) is 0 Å². The molecule has 2 aromatic rings. The van der Waals surface area contributed by atoms with Gasteiger partial charge in [-0.25, -0.2) is 9.78 Å². The monoisotopic (exact) mass is 252 g/mol. The molecule has 0 saturated carbocycles. The van der Waals surface area contributed by atoms with Crippen molar-refractivity contribution < 1.29 is 9.53 Å². The Bertz CT molecular complexity index is 481. The van der Waals surface area contributed by atoms with Gasteiger partial charge >= 0.3 is 6.47 Å². The van der Waals surface area contributed by atoms with Gasteiger partial charge < -0.3 is 4.74 Å². The summed E-state index contributed by atoms with van der Waals surface area (Å²) in [6, 6.07) is 7.43. The van der Waals surface area contributed by atoms with E-state index in [1.807, 2.05) is 29.6 Å². The molecule has 1 aromatic heterocycles. The molecule has 1 heterocycles. The number of thiazole rings is 1. The van der Waals surface area contributed by atoms with E-state index in [1.54, 1.807) is 0 Å². The van der Waals surface area contributed by atoms with Crippen LogP contribution in [-0.2, 0) is 16.1 Å². The molecular formula is C11H7ClNO2S. The molecule has 1 aromatic carbocycles. The molecule has 0 atom stereocenters. The molecule has 0 aliphatic rings. The van der Waals surface area contributed by atoms with Crippen molar-refractivity contribution in [2.24, 2.45) is 0 Å². The number of aromatic nitrogens is 1. The normalized spacial score (nSPS) is 10.1. The van der Waals surface area contributed by atoms with E-state index in [9.17, 15) is 4.79 Å². The number of hydrogen-bond acceptors (Lipinski definition) is 4. The minimum atomic E-state index is 0.160. The summed E-state index contributed by atoms with van der Waals surface area (Å²) in [6.45, 7) is 1.53. The van der Waals surface area contributed by atoms with Crippen molar-refractivity contribution in [2.45, 2.75) is 6.61 Å². The minimum absolute atomic E-state index is 0.160. The molecular weight excluding hydrogens is 246 g/mol. The fourth-order valence-electron chi connectivity index (χ4n) is 1.20. The molecule has 3 nitrogen and oxygen atoms in total. The maximum absolute atomic E-state index is 9.91. The van der Waals surface area contributed by atoms with Gasteiger partial charge in [0.15, 0.2) is 0 Å². The summed E-state index contributed by atoms with van der Waals surface area (Å²) in [5.41, 5.74) is 1.72. The first-order valence-corrected chi connectivity index (χ1v) is 5.74. The lowest BCUT2D eigenvalue weighted by Gasteiger charge is -1.95. The number of carbonyl (C=O) groups excluding carboxylic acids is 1. The summed E-state index contributed by atoms with van der Waals surface area (Å²) in [4.78, 5) is 14.2. The molecule has 81 valence electrons. The van der Waals surface area contributed by atoms with Crippen molar-refractivity contribution in [3.63, 3.8) is 0 Å². The number of rotatable bonds is 4. The lowest BCUT2D eigenvalue weighted by molar-refractivity contribution is 0.264. The first-order valence-electron chi connectivity index (χ1n) is 4.49. The van der Waals surface area contributed by atoms with Crippen molar-refractivity contribution in [2.75, 3.05) is 0 Å². The van der Waals surface area contributed by atoms with Crippen LogP contribution in [-0.4, -0.2) is 11.5 Å². The van der Waals surface area contributed by atoms with E-state index >= 15 is 0 Å². The number of benzene rings is 1. The largest absolute Gasteiger partial charge is 0.451 e. The maximum atomic E-state index is 9.91. The molecule has 1 radical (unpaired) electrons. The summed E-state index contributed by atoms with van der Waals surface area (Å²) in [6.07, 6.45) is 0. The quantitative estimate of drug-likeness (QED) is 0.840. The van der Waals surface area contributed by atoms with Crippen LogP contribution in [0, 0.1) is 0 Å². The van der Waals surface area contributed by atoms with Gasteiger partial charge in [0.1, 0.15) is 11.6 Å². The van der Waals surface area contributed by atoms with Crippen LogP contribution in [0.15, 0.2) is 29.6 Å². The molecule has 0 bridgehead atoms. The molecule has 0 unspecified atom stereocenters. The highest BCUT2D eigenvalue weighted by Crippen LogP contribution is 2.25. The summed E-state index contributed by atoms with van der Waals surface area (Å²) < 4.78 is 4.51. The van der Waals surface area contributed by atoms with E-state index in [4.69, 9.17) is 11.6 Å². The number of hydrogen-bond donors (Lipinski definition) is 0. The van der Waals surface area contributed by atoms with Gasteiger partial charge in [0.25, 0.3) is 0 Å². The van der Waals surface area contributed by atoms with Crippen LogP contribution < -0.4 is 0 Å². The topological polar surface area (TPSA) is 39.2 Å². The van der Waals surface area contributed by atoms with Crippen molar-refractivity contribution in [3.8, 4) is 10.6 Å². The summed E-state index contributed by atoms with van der Waals surface area (Å²) in [5.74, 6) is 0. The Morgan fingerprint density at radius 2 is 2.12 bits per heavy atom. The molecule has 0 aliphatic carbocycles. The zero-order chi connectivity index (χ0) is 11.4. The van der Waals surface area contributed by atoms with Gasteiger partial charge in [-0.05, 0) is 12.1 Å². The highest BCUT2D eigenvalue weighted by Gasteiger charge is 2.04. The SMILES string of the molecule is O=[C]OCc1csc(-c2ccc(Cl)cc2)n1. The summed E-state index contributed by atoms with van der Waals surface area (Å²) >= 11 is 7.29. The number of ether oxygens (including phenoxy) is 1. The van der Waals surface area contributed by atoms with E-state index in [0.29, 0.717) is 5.02 Å². The van der Waals surface area contributed by atoms with Crippen LogP contribution in [0.1, 0.15) is 5.69 Å². The van der Waals surface area contributed by atoms with Crippen LogP contribution in [0.4, 0.5) is 0 Å². The highest BCUT2D eigenvalue weighted by molar-refractivity contribution is 7.13. The second-order valence-corrected chi connectivity index (χ2v) is 4.32. The number of nitrogens with zero attached hydrogens (tertiary/aromatic N) is 1. The molecule has 16 heavy (non-hydrogen) atoms. The maximum Gasteiger partial charge on any atom is 0.417 e. The van der Waals surface area contributed by atoms with Gasteiger partial charge in [-0.3, -0.25) is 0 Å². The lowest BCUT2D eigenvalue weighted by atomic mass is 10.2. The van der Waals surface area contributed by atoms with Gasteiger partial charge in [-0.1, -0.05) is 23.7 Å². The minimum Gasteiger partial charge on any atom is -0.451 e. The first-order chi connectivity index (χ1) is 7.79. The zero-order valence-electron chi connectivity index (χ0n) is 8.14. The highest BCUT2D eigenvalue weighted by atomic mass is 35.5. The Labute approximate surface area is 102 Å². The molecule has 0 aliphatic heterocycles. The molecule has 0 amide bonds.